The Hall–Kier alpha value is -1.59. The fourth-order valence-corrected chi connectivity index (χ4v) is 1.28. The maximum absolute atomic E-state index is 5.32. The topological polar surface area (TPSA) is 63.2 Å². The molecule has 0 fully saturated rings. The van der Waals surface area contributed by atoms with Crippen molar-refractivity contribution in [2.75, 3.05) is 30.9 Å². The molecule has 0 saturated heterocycles. The van der Waals surface area contributed by atoms with Gasteiger partial charge in [0.25, 0.3) is 0 Å². The molecule has 1 heterocycles. The Labute approximate surface area is 102 Å². The van der Waals surface area contributed by atoms with Gasteiger partial charge in [-0.3, -0.25) is 0 Å². The molecule has 1 aromatic rings. The highest BCUT2D eigenvalue weighted by Gasteiger charge is 2.14. The van der Waals surface area contributed by atoms with Gasteiger partial charge in [0.05, 0.1) is 6.61 Å². The van der Waals surface area contributed by atoms with Crippen LogP contribution in [0.3, 0.4) is 0 Å². The zero-order valence-electron chi connectivity index (χ0n) is 11.2. The average molecular weight is 239 g/mol. The molecule has 1 N–H and O–H groups in total. The first kappa shape index (κ1) is 13.5. The second-order valence-electron chi connectivity index (χ2n) is 3.79. The van der Waals surface area contributed by atoms with E-state index in [-0.39, 0.29) is 0 Å². The third kappa shape index (κ3) is 3.44. The summed E-state index contributed by atoms with van der Waals surface area (Å²) in [4.78, 5) is 14.7. The van der Waals surface area contributed by atoms with Crippen LogP contribution >= 0.6 is 0 Å². The van der Waals surface area contributed by atoms with Crippen molar-refractivity contribution >= 4 is 11.9 Å². The SMILES string of the molecule is CCOc1nc(NC)nc(N(C)C(C)CC)n1. The molecule has 1 rings (SSSR count). The second-order valence-corrected chi connectivity index (χ2v) is 3.79. The van der Waals surface area contributed by atoms with Crippen molar-refractivity contribution in [1.29, 1.82) is 0 Å². The highest BCUT2D eigenvalue weighted by atomic mass is 16.5. The van der Waals surface area contributed by atoms with E-state index in [9.17, 15) is 0 Å². The van der Waals surface area contributed by atoms with Gasteiger partial charge in [0.1, 0.15) is 0 Å². The fourth-order valence-electron chi connectivity index (χ4n) is 1.28. The summed E-state index contributed by atoms with van der Waals surface area (Å²) in [7, 11) is 3.75. The monoisotopic (exact) mass is 239 g/mol. The van der Waals surface area contributed by atoms with Crippen LogP contribution in [0.1, 0.15) is 27.2 Å². The molecule has 0 aliphatic rings. The van der Waals surface area contributed by atoms with Crippen LogP contribution in [0.15, 0.2) is 0 Å². The van der Waals surface area contributed by atoms with Crippen LogP contribution < -0.4 is 15.0 Å². The zero-order valence-corrected chi connectivity index (χ0v) is 11.2. The molecule has 1 aromatic heterocycles. The van der Waals surface area contributed by atoms with Crippen molar-refractivity contribution < 1.29 is 4.74 Å². The van der Waals surface area contributed by atoms with E-state index in [0.717, 1.165) is 6.42 Å². The summed E-state index contributed by atoms with van der Waals surface area (Å²) in [5, 5.41) is 2.91. The van der Waals surface area contributed by atoms with Gasteiger partial charge in [0.2, 0.25) is 11.9 Å². The first-order valence-corrected chi connectivity index (χ1v) is 5.91. The normalized spacial score (nSPS) is 12.1. The minimum atomic E-state index is 0.358. The molecule has 6 heteroatoms. The highest BCUT2D eigenvalue weighted by Crippen LogP contribution is 2.16. The molecule has 1 unspecified atom stereocenters. The lowest BCUT2D eigenvalue weighted by molar-refractivity contribution is 0.312. The van der Waals surface area contributed by atoms with Crippen LogP contribution in [0.25, 0.3) is 0 Å². The van der Waals surface area contributed by atoms with Gasteiger partial charge < -0.3 is 15.0 Å². The Bertz CT molecular complexity index is 358. The third-order valence-corrected chi connectivity index (χ3v) is 2.67. The van der Waals surface area contributed by atoms with E-state index < -0.39 is 0 Å². The van der Waals surface area contributed by atoms with Gasteiger partial charge in [-0.1, -0.05) is 6.92 Å². The molecule has 0 aliphatic carbocycles. The van der Waals surface area contributed by atoms with E-state index in [2.05, 4.69) is 34.1 Å². The maximum atomic E-state index is 5.32. The molecule has 0 aromatic carbocycles. The van der Waals surface area contributed by atoms with Crippen LogP contribution in [-0.4, -0.2) is 41.7 Å². The predicted molar refractivity (Wildman–Crippen MR) is 68.7 cm³/mol. The number of aromatic nitrogens is 3. The van der Waals surface area contributed by atoms with E-state index >= 15 is 0 Å². The van der Waals surface area contributed by atoms with Crippen molar-refractivity contribution in [1.82, 2.24) is 15.0 Å². The molecule has 96 valence electrons. The van der Waals surface area contributed by atoms with Gasteiger partial charge in [-0.05, 0) is 20.3 Å². The number of rotatable bonds is 6. The molecule has 0 aliphatic heterocycles. The Balaban J connectivity index is 3.01. The van der Waals surface area contributed by atoms with Crippen LogP contribution in [-0.2, 0) is 0 Å². The highest BCUT2D eigenvalue weighted by molar-refractivity contribution is 5.38. The average Bonchev–Trinajstić information content (AvgIpc) is 2.36. The maximum Gasteiger partial charge on any atom is 0.323 e. The lowest BCUT2D eigenvalue weighted by Crippen LogP contribution is -2.30. The summed E-state index contributed by atoms with van der Waals surface area (Å²) in [6.07, 6.45) is 1.03. The molecular weight excluding hydrogens is 218 g/mol. The first-order chi connectivity index (χ1) is 8.12. The minimum Gasteiger partial charge on any atom is -0.464 e. The Morgan fingerprint density at radius 1 is 1.29 bits per heavy atom. The van der Waals surface area contributed by atoms with Gasteiger partial charge in [0, 0.05) is 20.1 Å². The largest absolute Gasteiger partial charge is 0.464 e. The fraction of sp³-hybridized carbons (Fsp3) is 0.727. The van der Waals surface area contributed by atoms with Crippen molar-refractivity contribution in [3.63, 3.8) is 0 Å². The Morgan fingerprint density at radius 2 is 2.00 bits per heavy atom. The van der Waals surface area contributed by atoms with Crippen LogP contribution in [0, 0.1) is 0 Å². The summed E-state index contributed by atoms with van der Waals surface area (Å²) < 4.78 is 5.32. The number of hydrogen-bond acceptors (Lipinski definition) is 6. The zero-order chi connectivity index (χ0) is 12.8. The van der Waals surface area contributed by atoms with Crippen molar-refractivity contribution in [2.24, 2.45) is 0 Å². The lowest BCUT2D eigenvalue weighted by Gasteiger charge is -2.23. The van der Waals surface area contributed by atoms with E-state index in [1.807, 2.05) is 18.9 Å². The van der Waals surface area contributed by atoms with Gasteiger partial charge >= 0.3 is 6.01 Å². The van der Waals surface area contributed by atoms with Gasteiger partial charge in [-0.25, -0.2) is 0 Å². The number of hydrogen-bond donors (Lipinski definition) is 1. The van der Waals surface area contributed by atoms with Crippen molar-refractivity contribution in [2.45, 2.75) is 33.2 Å². The molecule has 1 atom stereocenters. The Kier molecular flexibility index (Phi) is 4.93. The summed E-state index contributed by atoms with van der Waals surface area (Å²) in [6, 6.07) is 0.730. The summed E-state index contributed by atoms with van der Waals surface area (Å²) >= 11 is 0. The number of nitrogens with zero attached hydrogens (tertiary/aromatic N) is 4. The lowest BCUT2D eigenvalue weighted by atomic mass is 10.2. The molecule has 0 bridgehead atoms. The van der Waals surface area contributed by atoms with Gasteiger partial charge in [0.15, 0.2) is 0 Å². The number of nitrogens with one attached hydrogen (secondary N) is 1. The number of anilines is 2. The molecule has 0 radical (unpaired) electrons. The van der Waals surface area contributed by atoms with E-state index in [1.54, 1.807) is 7.05 Å². The standard InChI is InChI=1S/C11H21N5O/c1-6-8(3)16(5)10-13-9(12-4)14-11(15-10)17-7-2/h8H,6-7H2,1-5H3,(H,12,13,14,15). The quantitative estimate of drug-likeness (QED) is 0.812. The number of ether oxygens (including phenoxy) is 1. The third-order valence-electron chi connectivity index (χ3n) is 2.67. The van der Waals surface area contributed by atoms with E-state index in [1.165, 1.54) is 0 Å². The predicted octanol–water partition coefficient (Wildman–Crippen LogP) is 1.55. The molecule has 0 spiro atoms. The first-order valence-electron chi connectivity index (χ1n) is 5.91. The smallest absolute Gasteiger partial charge is 0.323 e. The molecule has 6 nitrogen and oxygen atoms in total. The van der Waals surface area contributed by atoms with Gasteiger partial charge in [-0.15, -0.1) is 0 Å². The van der Waals surface area contributed by atoms with Crippen LogP contribution in [0.5, 0.6) is 6.01 Å². The summed E-state index contributed by atoms with van der Waals surface area (Å²) in [5.74, 6) is 1.15. The van der Waals surface area contributed by atoms with Crippen molar-refractivity contribution in [3.8, 4) is 6.01 Å². The minimum absolute atomic E-state index is 0.358. The summed E-state index contributed by atoms with van der Waals surface area (Å²) in [5.41, 5.74) is 0. The van der Waals surface area contributed by atoms with Crippen molar-refractivity contribution in [3.05, 3.63) is 0 Å². The second kappa shape index (κ2) is 6.22. The van der Waals surface area contributed by atoms with E-state index in [0.29, 0.717) is 30.6 Å². The molecule has 0 saturated carbocycles. The molecular formula is C11H21N5O. The van der Waals surface area contributed by atoms with Crippen LogP contribution in [0.2, 0.25) is 0 Å². The summed E-state index contributed by atoms with van der Waals surface area (Å²) in [6.45, 7) is 6.70. The molecule has 17 heavy (non-hydrogen) atoms. The van der Waals surface area contributed by atoms with E-state index in [4.69, 9.17) is 4.74 Å². The Morgan fingerprint density at radius 3 is 2.53 bits per heavy atom. The van der Waals surface area contributed by atoms with Crippen LogP contribution in [0.4, 0.5) is 11.9 Å². The molecule has 0 amide bonds. The van der Waals surface area contributed by atoms with Gasteiger partial charge in [-0.2, -0.15) is 15.0 Å².